The fourth-order valence-corrected chi connectivity index (χ4v) is 3.80. The van der Waals surface area contributed by atoms with Crippen LogP contribution in [0, 0.1) is 23.7 Å². The van der Waals surface area contributed by atoms with E-state index in [4.69, 9.17) is 0 Å². The number of hydrogen-bond donors (Lipinski definition) is 0. The van der Waals surface area contributed by atoms with Crippen LogP contribution in [0.15, 0.2) is 0 Å². The molecule has 17 heavy (non-hydrogen) atoms. The molecule has 2 rings (SSSR count). The standard InChI is InChI=1S/C11H20.2C3H8/c1-3-10-8-5-6-9(7-8)11(10)4-2;2*1-3-2/h8-11H,3-7H2,1-2H3;2*3H2,1-2H3. The van der Waals surface area contributed by atoms with E-state index in [1.54, 1.807) is 19.3 Å². The fraction of sp³-hybridized carbons (Fsp3) is 1.00. The molecule has 0 nitrogen and oxygen atoms in total. The first-order chi connectivity index (χ1) is 8.19. The zero-order valence-corrected chi connectivity index (χ0v) is 13.3. The Kier molecular flexibility index (Phi) is 9.97. The molecule has 0 saturated heterocycles. The molecule has 2 fully saturated rings. The molecule has 0 aliphatic heterocycles. The smallest absolute Gasteiger partial charge is 0.0357 e. The summed E-state index contributed by atoms with van der Waals surface area (Å²) in [5.41, 5.74) is 0. The second-order valence-electron chi connectivity index (χ2n) is 5.89. The zero-order valence-electron chi connectivity index (χ0n) is 13.3. The van der Waals surface area contributed by atoms with E-state index in [2.05, 4.69) is 41.5 Å². The van der Waals surface area contributed by atoms with Crippen molar-refractivity contribution in [3.63, 3.8) is 0 Å². The molecule has 2 bridgehead atoms. The van der Waals surface area contributed by atoms with Crippen molar-refractivity contribution in [2.24, 2.45) is 23.7 Å². The van der Waals surface area contributed by atoms with Gasteiger partial charge in [0.2, 0.25) is 0 Å². The van der Waals surface area contributed by atoms with Crippen LogP contribution >= 0.6 is 0 Å². The second kappa shape index (κ2) is 9.97. The van der Waals surface area contributed by atoms with Crippen molar-refractivity contribution in [2.75, 3.05) is 0 Å². The van der Waals surface area contributed by atoms with Crippen LogP contribution in [0.25, 0.3) is 0 Å². The quantitative estimate of drug-likeness (QED) is 0.531. The molecule has 2 saturated carbocycles. The summed E-state index contributed by atoms with van der Waals surface area (Å²) in [5.74, 6) is 4.49. The molecule has 2 aliphatic rings. The highest BCUT2D eigenvalue weighted by atomic mass is 14.5. The largest absolute Gasteiger partial charge is 0.0656 e. The third-order valence-corrected chi connectivity index (χ3v) is 4.22. The lowest BCUT2D eigenvalue weighted by atomic mass is 9.77. The minimum atomic E-state index is 1.11. The van der Waals surface area contributed by atoms with Gasteiger partial charge >= 0.3 is 0 Å². The van der Waals surface area contributed by atoms with E-state index < -0.39 is 0 Å². The van der Waals surface area contributed by atoms with Gasteiger partial charge in [-0.3, -0.25) is 0 Å². The van der Waals surface area contributed by atoms with Crippen molar-refractivity contribution in [1.29, 1.82) is 0 Å². The molecule has 0 radical (unpaired) electrons. The summed E-state index contributed by atoms with van der Waals surface area (Å²) in [7, 11) is 0. The second-order valence-corrected chi connectivity index (χ2v) is 5.89. The van der Waals surface area contributed by atoms with Crippen molar-refractivity contribution in [3.8, 4) is 0 Å². The van der Waals surface area contributed by atoms with Gasteiger partial charge in [-0.2, -0.15) is 0 Å². The van der Waals surface area contributed by atoms with Crippen LogP contribution in [0.4, 0.5) is 0 Å². The third-order valence-electron chi connectivity index (χ3n) is 4.22. The molecule has 0 aromatic heterocycles. The van der Waals surface area contributed by atoms with E-state index >= 15 is 0 Å². The first-order valence-corrected chi connectivity index (χ1v) is 8.19. The Hall–Kier alpha value is 0. The molecule has 0 N–H and O–H groups in total. The molecule has 4 atom stereocenters. The maximum absolute atomic E-state index is 2.38. The van der Waals surface area contributed by atoms with E-state index in [9.17, 15) is 0 Å². The van der Waals surface area contributed by atoms with Gasteiger partial charge in [-0.25, -0.2) is 0 Å². The van der Waals surface area contributed by atoms with Crippen LogP contribution in [0.2, 0.25) is 0 Å². The summed E-state index contributed by atoms with van der Waals surface area (Å²) in [6.07, 6.45) is 10.1. The predicted octanol–water partition coefficient (Wildman–Crippen LogP) is 6.30. The monoisotopic (exact) mass is 240 g/mol. The minimum absolute atomic E-state index is 1.11. The van der Waals surface area contributed by atoms with E-state index in [0.717, 1.165) is 23.7 Å². The average molecular weight is 240 g/mol. The highest BCUT2D eigenvalue weighted by molar-refractivity contribution is 4.94. The number of fused-ring (bicyclic) bond motifs is 2. The van der Waals surface area contributed by atoms with Crippen molar-refractivity contribution in [3.05, 3.63) is 0 Å². The van der Waals surface area contributed by atoms with Gasteiger partial charge in [0.25, 0.3) is 0 Å². The topological polar surface area (TPSA) is 0 Å². The zero-order chi connectivity index (χ0) is 13.3. The van der Waals surface area contributed by atoms with E-state index in [1.807, 2.05) is 0 Å². The fourth-order valence-electron chi connectivity index (χ4n) is 3.80. The van der Waals surface area contributed by atoms with E-state index in [0.29, 0.717) is 0 Å². The summed E-state index contributed by atoms with van der Waals surface area (Å²) in [5, 5.41) is 0. The number of hydrogen-bond acceptors (Lipinski definition) is 0. The summed E-state index contributed by atoms with van der Waals surface area (Å²) in [6, 6.07) is 0. The molecule has 0 heterocycles. The summed E-state index contributed by atoms with van der Waals surface area (Å²) >= 11 is 0. The highest BCUT2D eigenvalue weighted by Crippen LogP contribution is 2.54. The lowest BCUT2D eigenvalue weighted by molar-refractivity contribution is 0.209. The predicted molar refractivity (Wildman–Crippen MR) is 80.3 cm³/mol. The van der Waals surface area contributed by atoms with Crippen LogP contribution < -0.4 is 0 Å². The molecule has 0 aromatic carbocycles. The number of rotatable bonds is 2. The van der Waals surface area contributed by atoms with E-state index in [1.165, 1.54) is 25.7 Å². The SMILES string of the molecule is CCC.CCC.CCC1C2CCC(C2)C1CC. The average Bonchev–Trinajstić information content (AvgIpc) is 2.90. The third kappa shape index (κ3) is 5.02. The Morgan fingerprint density at radius 3 is 1.18 bits per heavy atom. The normalized spacial score (nSPS) is 33.5. The Balaban J connectivity index is 0.000000366. The van der Waals surface area contributed by atoms with Gasteiger partial charge in [0.05, 0.1) is 0 Å². The van der Waals surface area contributed by atoms with Crippen LogP contribution in [-0.4, -0.2) is 0 Å². The van der Waals surface area contributed by atoms with Gasteiger partial charge < -0.3 is 0 Å². The van der Waals surface area contributed by atoms with Gasteiger partial charge in [0.15, 0.2) is 0 Å². The van der Waals surface area contributed by atoms with Gasteiger partial charge in [-0.15, -0.1) is 0 Å². The van der Waals surface area contributed by atoms with Gasteiger partial charge in [-0.05, 0) is 42.9 Å². The molecule has 0 heteroatoms. The van der Waals surface area contributed by atoms with Gasteiger partial charge in [-0.1, -0.05) is 67.2 Å². The van der Waals surface area contributed by atoms with Crippen molar-refractivity contribution < 1.29 is 0 Å². The maximum Gasteiger partial charge on any atom is -0.0357 e. The lowest BCUT2D eigenvalue weighted by Crippen LogP contribution is -2.20. The molecular weight excluding hydrogens is 204 g/mol. The first kappa shape index (κ1) is 17.0. The van der Waals surface area contributed by atoms with Crippen molar-refractivity contribution in [1.82, 2.24) is 0 Å². The Morgan fingerprint density at radius 2 is 0.941 bits per heavy atom. The van der Waals surface area contributed by atoms with Crippen molar-refractivity contribution in [2.45, 2.75) is 86.5 Å². The first-order valence-electron chi connectivity index (χ1n) is 8.19. The summed E-state index contributed by atoms with van der Waals surface area (Å²) in [6.45, 7) is 13.3. The van der Waals surface area contributed by atoms with Gasteiger partial charge in [0, 0.05) is 0 Å². The lowest BCUT2D eigenvalue weighted by Gasteiger charge is -2.29. The molecular formula is C17H36. The molecule has 4 unspecified atom stereocenters. The highest BCUT2D eigenvalue weighted by Gasteiger charge is 2.45. The minimum Gasteiger partial charge on any atom is -0.0656 e. The Labute approximate surface area is 111 Å². The maximum atomic E-state index is 2.38. The molecule has 2 aliphatic carbocycles. The molecule has 0 amide bonds. The van der Waals surface area contributed by atoms with Crippen LogP contribution in [-0.2, 0) is 0 Å². The van der Waals surface area contributed by atoms with E-state index in [-0.39, 0.29) is 0 Å². The van der Waals surface area contributed by atoms with Gasteiger partial charge in [0.1, 0.15) is 0 Å². The Bertz CT molecular complexity index is 143. The van der Waals surface area contributed by atoms with Crippen LogP contribution in [0.3, 0.4) is 0 Å². The van der Waals surface area contributed by atoms with Crippen LogP contribution in [0.5, 0.6) is 0 Å². The molecule has 104 valence electrons. The Morgan fingerprint density at radius 1 is 0.647 bits per heavy atom. The molecule has 0 spiro atoms. The summed E-state index contributed by atoms with van der Waals surface area (Å²) in [4.78, 5) is 0. The molecule has 0 aromatic rings. The summed E-state index contributed by atoms with van der Waals surface area (Å²) < 4.78 is 0. The van der Waals surface area contributed by atoms with Crippen molar-refractivity contribution >= 4 is 0 Å². The van der Waals surface area contributed by atoms with Crippen LogP contribution in [0.1, 0.15) is 86.5 Å².